The maximum Gasteiger partial charge on any atom is 0.321 e. The number of carbonyl (C=O) groups is 2. The first-order valence-corrected chi connectivity index (χ1v) is 7.47. The fourth-order valence-electron chi connectivity index (χ4n) is 1.34. The van der Waals surface area contributed by atoms with Crippen LogP contribution in [0.4, 0.5) is 4.79 Å². The zero-order valence-corrected chi connectivity index (χ0v) is 12.2. The lowest BCUT2D eigenvalue weighted by Crippen LogP contribution is -2.41. The third kappa shape index (κ3) is 4.93. The first kappa shape index (κ1) is 14.5. The Balaban J connectivity index is 1.78. The van der Waals surface area contributed by atoms with E-state index in [0.29, 0.717) is 14.9 Å². The summed E-state index contributed by atoms with van der Waals surface area (Å²) in [4.78, 5) is 23.6. The molecule has 0 aliphatic heterocycles. The predicted molar refractivity (Wildman–Crippen MR) is 76.9 cm³/mol. The molecule has 102 valence electrons. The molecule has 4 nitrogen and oxygen atoms in total. The molecule has 3 amide bonds. The van der Waals surface area contributed by atoms with E-state index in [2.05, 4.69) is 10.6 Å². The average Bonchev–Trinajstić information content (AvgIpc) is 3.14. The van der Waals surface area contributed by atoms with Crippen molar-refractivity contribution in [2.24, 2.45) is 0 Å². The van der Waals surface area contributed by atoms with Gasteiger partial charge in [-0.3, -0.25) is 10.1 Å². The molecular weight excluding hydrogens is 307 g/mol. The second kappa shape index (κ2) is 6.50. The highest BCUT2D eigenvalue weighted by Gasteiger charge is 2.23. The van der Waals surface area contributed by atoms with Gasteiger partial charge in [-0.2, -0.15) is 0 Å². The molecule has 0 bridgehead atoms. The van der Waals surface area contributed by atoms with Crippen LogP contribution in [0.3, 0.4) is 0 Å². The molecule has 1 aliphatic carbocycles. The van der Waals surface area contributed by atoms with Crippen molar-refractivity contribution in [3.63, 3.8) is 0 Å². The number of benzene rings is 1. The van der Waals surface area contributed by atoms with Crippen LogP contribution in [0.2, 0.25) is 10.0 Å². The molecule has 1 fully saturated rings. The van der Waals surface area contributed by atoms with E-state index in [-0.39, 0.29) is 17.7 Å². The van der Waals surface area contributed by atoms with Gasteiger partial charge in [0.15, 0.2) is 0 Å². The molecule has 0 atom stereocenters. The van der Waals surface area contributed by atoms with Gasteiger partial charge in [0.1, 0.15) is 0 Å². The van der Waals surface area contributed by atoms with E-state index in [1.807, 2.05) is 0 Å². The van der Waals surface area contributed by atoms with Crippen LogP contribution < -0.4 is 10.6 Å². The summed E-state index contributed by atoms with van der Waals surface area (Å²) in [5.74, 6) is -0.253. The lowest BCUT2D eigenvalue weighted by Gasteiger charge is -2.06. The Morgan fingerprint density at radius 2 is 2.05 bits per heavy atom. The van der Waals surface area contributed by atoms with Crippen molar-refractivity contribution in [1.82, 2.24) is 10.6 Å². The summed E-state index contributed by atoms with van der Waals surface area (Å²) in [7, 11) is 0. The van der Waals surface area contributed by atoms with E-state index in [0.717, 1.165) is 12.8 Å². The highest BCUT2D eigenvalue weighted by Crippen LogP contribution is 2.29. The Kier molecular flexibility index (Phi) is 4.96. The van der Waals surface area contributed by atoms with Crippen LogP contribution >= 0.6 is 35.0 Å². The molecule has 0 saturated heterocycles. The van der Waals surface area contributed by atoms with Gasteiger partial charge >= 0.3 is 6.03 Å². The first-order valence-electron chi connectivity index (χ1n) is 5.73. The molecule has 1 aromatic rings. The van der Waals surface area contributed by atoms with Gasteiger partial charge < -0.3 is 5.32 Å². The van der Waals surface area contributed by atoms with Gasteiger partial charge in [0, 0.05) is 16.0 Å². The third-order valence-corrected chi connectivity index (χ3v) is 4.15. The van der Waals surface area contributed by atoms with Gasteiger partial charge in [-0.05, 0) is 31.0 Å². The average molecular weight is 319 g/mol. The molecule has 0 radical (unpaired) electrons. The molecule has 1 aliphatic rings. The molecule has 0 spiro atoms. The Morgan fingerprint density at radius 1 is 1.32 bits per heavy atom. The molecule has 2 N–H and O–H groups in total. The summed E-state index contributed by atoms with van der Waals surface area (Å²) in [5, 5.41) is 6.03. The van der Waals surface area contributed by atoms with Crippen LogP contribution in [0.25, 0.3) is 0 Å². The second-order valence-corrected chi connectivity index (χ2v) is 6.02. The molecule has 1 aromatic carbocycles. The topological polar surface area (TPSA) is 58.2 Å². The van der Waals surface area contributed by atoms with Crippen LogP contribution in [0.1, 0.15) is 12.8 Å². The summed E-state index contributed by atoms with van der Waals surface area (Å²) < 4.78 is 0. The number of hydrogen-bond donors (Lipinski definition) is 2. The predicted octanol–water partition coefficient (Wildman–Crippen LogP) is 3.07. The SMILES string of the molecule is O=C(CSc1cc(Cl)ccc1Cl)NC(=O)NC1CC1. The molecule has 19 heavy (non-hydrogen) atoms. The van der Waals surface area contributed by atoms with Gasteiger partial charge in [0.05, 0.1) is 10.8 Å². The van der Waals surface area contributed by atoms with E-state index >= 15 is 0 Å². The van der Waals surface area contributed by atoms with E-state index in [1.165, 1.54) is 11.8 Å². The maximum absolute atomic E-state index is 11.6. The highest BCUT2D eigenvalue weighted by atomic mass is 35.5. The van der Waals surface area contributed by atoms with Crippen molar-refractivity contribution in [3.05, 3.63) is 28.2 Å². The second-order valence-electron chi connectivity index (χ2n) is 4.16. The monoisotopic (exact) mass is 318 g/mol. The maximum atomic E-state index is 11.6. The summed E-state index contributed by atoms with van der Waals surface area (Å²) in [6, 6.07) is 4.82. The molecule has 0 aromatic heterocycles. The standard InChI is InChI=1S/C12H12Cl2N2O2S/c13-7-1-4-9(14)10(5-7)19-6-11(17)16-12(18)15-8-2-3-8/h1,4-5,8H,2-3,6H2,(H2,15,16,17,18). The molecule has 0 heterocycles. The minimum Gasteiger partial charge on any atom is -0.335 e. The van der Waals surface area contributed by atoms with Crippen molar-refractivity contribution >= 4 is 46.9 Å². The number of imide groups is 1. The quantitative estimate of drug-likeness (QED) is 0.839. The Hall–Kier alpha value is -0.910. The van der Waals surface area contributed by atoms with Crippen molar-refractivity contribution in [2.45, 2.75) is 23.8 Å². The number of rotatable bonds is 4. The third-order valence-electron chi connectivity index (χ3n) is 2.42. The molecular formula is C12H12Cl2N2O2S. The van der Waals surface area contributed by atoms with Crippen molar-refractivity contribution < 1.29 is 9.59 Å². The van der Waals surface area contributed by atoms with Crippen LogP contribution in [0, 0.1) is 0 Å². The zero-order valence-electron chi connectivity index (χ0n) is 9.91. The Bertz CT molecular complexity index is 507. The number of nitrogens with one attached hydrogen (secondary N) is 2. The van der Waals surface area contributed by atoms with Crippen LogP contribution in [-0.4, -0.2) is 23.7 Å². The van der Waals surface area contributed by atoms with Gasteiger partial charge in [-0.1, -0.05) is 23.2 Å². The highest BCUT2D eigenvalue weighted by molar-refractivity contribution is 8.00. The van der Waals surface area contributed by atoms with E-state index in [4.69, 9.17) is 23.2 Å². The van der Waals surface area contributed by atoms with Gasteiger partial charge in [-0.15, -0.1) is 11.8 Å². The van der Waals surface area contributed by atoms with E-state index < -0.39 is 6.03 Å². The largest absolute Gasteiger partial charge is 0.335 e. The fourth-order valence-corrected chi connectivity index (χ4v) is 2.64. The van der Waals surface area contributed by atoms with Gasteiger partial charge in [-0.25, -0.2) is 4.79 Å². The minimum absolute atomic E-state index is 0.109. The van der Waals surface area contributed by atoms with Crippen molar-refractivity contribution in [3.8, 4) is 0 Å². The zero-order chi connectivity index (χ0) is 13.8. The molecule has 0 unspecified atom stereocenters. The van der Waals surface area contributed by atoms with Crippen molar-refractivity contribution in [1.29, 1.82) is 0 Å². The number of halogens is 2. The van der Waals surface area contributed by atoms with Crippen LogP contribution in [0.15, 0.2) is 23.1 Å². The van der Waals surface area contributed by atoms with Gasteiger partial charge in [0.2, 0.25) is 5.91 Å². The van der Waals surface area contributed by atoms with E-state index in [9.17, 15) is 9.59 Å². The Labute approximate surface area is 125 Å². The summed E-state index contributed by atoms with van der Waals surface area (Å²) in [6.07, 6.45) is 1.96. The van der Waals surface area contributed by atoms with Crippen LogP contribution in [-0.2, 0) is 4.79 Å². The van der Waals surface area contributed by atoms with Gasteiger partial charge in [0.25, 0.3) is 0 Å². The number of amides is 3. The molecule has 2 rings (SSSR count). The summed E-state index contributed by atoms with van der Waals surface area (Å²) in [6.45, 7) is 0. The number of carbonyl (C=O) groups excluding carboxylic acids is 2. The first-order chi connectivity index (χ1) is 9.04. The fraction of sp³-hybridized carbons (Fsp3) is 0.333. The summed E-state index contributed by atoms with van der Waals surface area (Å²) in [5.41, 5.74) is 0. The smallest absolute Gasteiger partial charge is 0.321 e. The number of urea groups is 1. The molecule has 1 saturated carbocycles. The lowest BCUT2D eigenvalue weighted by atomic mass is 10.4. The number of thioether (sulfide) groups is 1. The normalized spacial score (nSPS) is 14.0. The minimum atomic E-state index is -0.440. The Morgan fingerprint density at radius 3 is 2.74 bits per heavy atom. The van der Waals surface area contributed by atoms with Crippen molar-refractivity contribution in [2.75, 3.05) is 5.75 Å². The van der Waals surface area contributed by atoms with Crippen LogP contribution in [0.5, 0.6) is 0 Å². The number of hydrogen-bond acceptors (Lipinski definition) is 3. The van der Waals surface area contributed by atoms with E-state index in [1.54, 1.807) is 18.2 Å². The summed E-state index contributed by atoms with van der Waals surface area (Å²) >= 11 is 13.1. The lowest BCUT2D eigenvalue weighted by molar-refractivity contribution is -0.117. The molecule has 7 heteroatoms.